The molecule has 0 aromatic heterocycles. The van der Waals surface area contributed by atoms with Crippen molar-refractivity contribution in [1.82, 2.24) is 4.90 Å². The molecule has 0 saturated carbocycles. The van der Waals surface area contributed by atoms with Gasteiger partial charge in [0.15, 0.2) is 0 Å². The Bertz CT molecular complexity index is 491. The number of benzene rings is 1. The minimum absolute atomic E-state index is 0.618. The van der Waals surface area contributed by atoms with Crippen LogP contribution in [0, 0.1) is 12.8 Å². The SMILES string of the molecule is Cc1cccc(NC2(C(=O)O)CCN(CC(C)C)CC2)c1. The van der Waals surface area contributed by atoms with Gasteiger partial charge in [0.05, 0.1) is 0 Å². The lowest BCUT2D eigenvalue weighted by molar-refractivity contribution is -0.144. The normalized spacial score (nSPS) is 18.7. The number of hydrogen-bond donors (Lipinski definition) is 2. The molecule has 4 nitrogen and oxygen atoms in total. The Balaban J connectivity index is 2.07. The van der Waals surface area contributed by atoms with Gasteiger partial charge in [-0.1, -0.05) is 26.0 Å². The molecule has 2 rings (SSSR count). The van der Waals surface area contributed by atoms with E-state index in [0.29, 0.717) is 18.8 Å². The number of likely N-dealkylation sites (tertiary alicyclic amines) is 1. The fourth-order valence-electron chi connectivity index (χ4n) is 3.03. The van der Waals surface area contributed by atoms with Crippen molar-refractivity contribution < 1.29 is 9.90 Å². The summed E-state index contributed by atoms with van der Waals surface area (Å²) in [6.07, 6.45) is 1.28. The van der Waals surface area contributed by atoms with Crippen molar-refractivity contribution in [2.24, 2.45) is 5.92 Å². The van der Waals surface area contributed by atoms with E-state index in [-0.39, 0.29) is 0 Å². The zero-order valence-corrected chi connectivity index (χ0v) is 13.2. The molecule has 1 heterocycles. The number of piperidine rings is 1. The average molecular weight is 290 g/mol. The minimum Gasteiger partial charge on any atom is -0.480 e. The molecule has 21 heavy (non-hydrogen) atoms. The smallest absolute Gasteiger partial charge is 0.329 e. The maximum atomic E-state index is 11.8. The summed E-state index contributed by atoms with van der Waals surface area (Å²) in [5.41, 5.74) is 1.20. The predicted octanol–water partition coefficient (Wildman–Crippen LogP) is 2.98. The van der Waals surface area contributed by atoms with Gasteiger partial charge in [-0.25, -0.2) is 4.79 Å². The Morgan fingerprint density at radius 1 is 1.38 bits per heavy atom. The van der Waals surface area contributed by atoms with E-state index in [1.54, 1.807) is 0 Å². The van der Waals surface area contributed by atoms with Crippen molar-refractivity contribution in [1.29, 1.82) is 0 Å². The van der Waals surface area contributed by atoms with Crippen LogP contribution in [0.15, 0.2) is 24.3 Å². The third-order valence-corrected chi connectivity index (χ3v) is 4.14. The molecule has 0 spiro atoms. The number of carboxylic acid groups (broad SMARTS) is 1. The van der Waals surface area contributed by atoms with Gasteiger partial charge in [-0.05, 0) is 43.4 Å². The molecule has 1 aromatic carbocycles. The molecule has 0 aliphatic carbocycles. The third kappa shape index (κ3) is 3.97. The van der Waals surface area contributed by atoms with Crippen LogP contribution in [0.5, 0.6) is 0 Å². The molecular weight excluding hydrogens is 264 g/mol. The second-order valence-corrected chi connectivity index (χ2v) is 6.58. The van der Waals surface area contributed by atoms with Gasteiger partial charge in [0.25, 0.3) is 0 Å². The van der Waals surface area contributed by atoms with Gasteiger partial charge in [-0.2, -0.15) is 0 Å². The average Bonchev–Trinajstić information content (AvgIpc) is 2.40. The monoisotopic (exact) mass is 290 g/mol. The lowest BCUT2D eigenvalue weighted by atomic mass is 9.86. The van der Waals surface area contributed by atoms with Crippen LogP contribution >= 0.6 is 0 Å². The highest BCUT2D eigenvalue weighted by Gasteiger charge is 2.41. The highest BCUT2D eigenvalue weighted by Crippen LogP contribution is 2.28. The molecule has 0 radical (unpaired) electrons. The highest BCUT2D eigenvalue weighted by molar-refractivity contribution is 5.83. The predicted molar refractivity (Wildman–Crippen MR) is 85.7 cm³/mol. The summed E-state index contributed by atoms with van der Waals surface area (Å²) in [5, 5.41) is 13.0. The lowest BCUT2D eigenvalue weighted by Gasteiger charge is -2.40. The molecule has 4 heteroatoms. The number of anilines is 1. The number of carbonyl (C=O) groups is 1. The second-order valence-electron chi connectivity index (χ2n) is 6.58. The molecule has 0 atom stereocenters. The quantitative estimate of drug-likeness (QED) is 0.875. The van der Waals surface area contributed by atoms with Crippen LogP contribution in [0.3, 0.4) is 0 Å². The number of nitrogens with zero attached hydrogens (tertiary/aromatic N) is 1. The Hall–Kier alpha value is -1.55. The van der Waals surface area contributed by atoms with Crippen LogP contribution in [0.2, 0.25) is 0 Å². The lowest BCUT2D eigenvalue weighted by Crippen LogP contribution is -2.54. The summed E-state index contributed by atoms with van der Waals surface area (Å²) in [6, 6.07) is 7.92. The molecule has 0 amide bonds. The fraction of sp³-hybridized carbons (Fsp3) is 0.588. The number of carboxylic acids is 1. The molecule has 2 N–H and O–H groups in total. The number of hydrogen-bond acceptors (Lipinski definition) is 3. The van der Waals surface area contributed by atoms with Crippen LogP contribution in [0.1, 0.15) is 32.3 Å². The van der Waals surface area contributed by atoms with Gasteiger partial charge in [-0.3, -0.25) is 0 Å². The minimum atomic E-state index is -0.832. The van der Waals surface area contributed by atoms with E-state index in [1.165, 1.54) is 0 Å². The van der Waals surface area contributed by atoms with Crippen molar-refractivity contribution in [3.63, 3.8) is 0 Å². The first-order chi connectivity index (χ1) is 9.91. The molecule has 1 aliphatic heterocycles. The van der Waals surface area contributed by atoms with Gasteiger partial charge in [0.2, 0.25) is 0 Å². The van der Waals surface area contributed by atoms with Crippen molar-refractivity contribution in [3.8, 4) is 0 Å². The van der Waals surface area contributed by atoms with E-state index in [9.17, 15) is 9.90 Å². The molecule has 116 valence electrons. The Kier molecular flexibility index (Phi) is 4.88. The standard InChI is InChI=1S/C17H26N2O2/c1-13(2)12-19-9-7-17(8-10-19,16(20)21)18-15-6-4-5-14(3)11-15/h4-6,11,13,18H,7-10,12H2,1-3H3,(H,20,21). The third-order valence-electron chi connectivity index (χ3n) is 4.14. The molecule has 0 unspecified atom stereocenters. The molecule has 1 saturated heterocycles. The van der Waals surface area contributed by atoms with Crippen LogP contribution in [0.4, 0.5) is 5.69 Å². The van der Waals surface area contributed by atoms with Gasteiger partial charge in [0.1, 0.15) is 5.54 Å². The summed E-state index contributed by atoms with van der Waals surface area (Å²) < 4.78 is 0. The first-order valence-electron chi connectivity index (χ1n) is 7.72. The van der Waals surface area contributed by atoms with Crippen molar-refractivity contribution in [2.45, 2.75) is 39.2 Å². The second kappa shape index (κ2) is 6.48. The number of aryl methyl sites for hydroxylation is 1. The summed E-state index contributed by atoms with van der Waals surface area (Å²) in [7, 11) is 0. The molecule has 0 bridgehead atoms. The van der Waals surface area contributed by atoms with Gasteiger partial charge in [0, 0.05) is 25.3 Å². The van der Waals surface area contributed by atoms with E-state index in [4.69, 9.17) is 0 Å². The van der Waals surface area contributed by atoms with Gasteiger partial charge < -0.3 is 15.3 Å². The maximum absolute atomic E-state index is 11.8. The number of aliphatic carboxylic acids is 1. The summed E-state index contributed by atoms with van der Waals surface area (Å²) >= 11 is 0. The Labute approximate surface area is 127 Å². The van der Waals surface area contributed by atoms with Crippen LogP contribution in [0.25, 0.3) is 0 Å². The van der Waals surface area contributed by atoms with Crippen LogP contribution in [-0.2, 0) is 4.79 Å². The molecule has 1 aromatic rings. The van der Waals surface area contributed by atoms with Gasteiger partial charge in [-0.15, -0.1) is 0 Å². The fourth-order valence-corrected chi connectivity index (χ4v) is 3.03. The van der Waals surface area contributed by atoms with E-state index in [0.717, 1.165) is 30.9 Å². The highest BCUT2D eigenvalue weighted by atomic mass is 16.4. The van der Waals surface area contributed by atoms with Crippen LogP contribution < -0.4 is 5.32 Å². The summed E-state index contributed by atoms with van der Waals surface area (Å²) in [6.45, 7) is 9.13. The van der Waals surface area contributed by atoms with E-state index >= 15 is 0 Å². The number of rotatable bonds is 5. The van der Waals surface area contributed by atoms with Crippen LogP contribution in [-0.4, -0.2) is 41.1 Å². The van der Waals surface area contributed by atoms with Gasteiger partial charge >= 0.3 is 5.97 Å². The first kappa shape index (κ1) is 15.8. The van der Waals surface area contributed by atoms with E-state index < -0.39 is 11.5 Å². The Morgan fingerprint density at radius 3 is 2.57 bits per heavy atom. The topological polar surface area (TPSA) is 52.6 Å². The van der Waals surface area contributed by atoms with E-state index in [2.05, 4.69) is 24.1 Å². The number of nitrogens with one attached hydrogen (secondary N) is 1. The molecule has 1 aliphatic rings. The molecule has 1 fully saturated rings. The van der Waals surface area contributed by atoms with Crippen molar-refractivity contribution in [2.75, 3.05) is 25.0 Å². The zero-order valence-electron chi connectivity index (χ0n) is 13.2. The summed E-state index contributed by atoms with van der Waals surface area (Å²) in [4.78, 5) is 14.2. The Morgan fingerprint density at radius 2 is 2.05 bits per heavy atom. The van der Waals surface area contributed by atoms with Crippen molar-refractivity contribution in [3.05, 3.63) is 29.8 Å². The molecular formula is C17H26N2O2. The largest absolute Gasteiger partial charge is 0.480 e. The summed E-state index contributed by atoms with van der Waals surface area (Å²) in [5.74, 6) is -0.125. The zero-order chi connectivity index (χ0) is 15.5. The maximum Gasteiger partial charge on any atom is 0.329 e. The first-order valence-corrected chi connectivity index (χ1v) is 7.72. The van der Waals surface area contributed by atoms with E-state index in [1.807, 2.05) is 31.2 Å². The van der Waals surface area contributed by atoms with Crippen molar-refractivity contribution >= 4 is 11.7 Å².